The molecule has 0 unspecified atom stereocenters. The highest BCUT2D eigenvalue weighted by Crippen LogP contribution is 2.30. The van der Waals surface area contributed by atoms with Gasteiger partial charge in [-0.25, -0.2) is 4.98 Å². The summed E-state index contributed by atoms with van der Waals surface area (Å²) in [6, 6.07) is 1.44. The van der Waals surface area contributed by atoms with Crippen LogP contribution in [0.3, 0.4) is 0 Å². The van der Waals surface area contributed by atoms with Crippen LogP contribution in [0.5, 0.6) is 0 Å². The molecule has 3 nitrogen and oxygen atoms in total. The van der Waals surface area contributed by atoms with Crippen molar-refractivity contribution in [3.05, 3.63) is 35.8 Å². The van der Waals surface area contributed by atoms with E-state index >= 15 is 0 Å². The van der Waals surface area contributed by atoms with Crippen LogP contribution in [0.2, 0.25) is 0 Å². The van der Waals surface area contributed by atoms with E-state index in [2.05, 4.69) is 4.98 Å². The summed E-state index contributed by atoms with van der Waals surface area (Å²) in [6.07, 6.45) is -1.77. The summed E-state index contributed by atoms with van der Waals surface area (Å²) < 4.78 is 38.8. The van der Waals surface area contributed by atoms with Gasteiger partial charge in [0.05, 0.1) is 11.9 Å². The Hall–Kier alpha value is -1.56. The van der Waals surface area contributed by atoms with E-state index in [0.29, 0.717) is 5.65 Å². The lowest BCUT2D eigenvalue weighted by molar-refractivity contribution is -0.150. The van der Waals surface area contributed by atoms with Crippen molar-refractivity contribution in [2.24, 2.45) is 5.73 Å². The van der Waals surface area contributed by atoms with Crippen LogP contribution in [0, 0.1) is 6.92 Å². The largest absolute Gasteiger partial charge is 0.409 e. The number of hydrogen-bond acceptors (Lipinski definition) is 2. The first-order valence-electron chi connectivity index (χ1n) is 4.66. The first-order valence-corrected chi connectivity index (χ1v) is 4.66. The number of hydrogen-bond donors (Lipinski definition) is 1. The van der Waals surface area contributed by atoms with E-state index in [-0.39, 0.29) is 5.69 Å². The molecule has 0 saturated carbocycles. The van der Waals surface area contributed by atoms with Gasteiger partial charge in [0.15, 0.2) is 0 Å². The molecule has 0 spiro atoms. The van der Waals surface area contributed by atoms with Gasteiger partial charge in [-0.2, -0.15) is 13.2 Å². The van der Waals surface area contributed by atoms with Crippen LogP contribution in [0.4, 0.5) is 13.2 Å². The zero-order valence-corrected chi connectivity index (χ0v) is 8.49. The molecule has 2 rings (SSSR count). The average molecular weight is 229 g/mol. The summed E-state index contributed by atoms with van der Waals surface area (Å²) in [4.78, 5) is 3.94. The fraction of sp³-hybridized carbons (Fsp3) is 0.300. The number of rotatable bonds is 1. The Morgan fingerprint density at radius 1 is 1.44 bits per heavy atom. The summed E-state index contributed by atoms with van der Waals surface area (Å²) >= 11 is 0. The van der Waals surface area contributed by atoms with Crippen LogP contribution in [-0.4, -0.2) is 15.6 Å². The third-order valence-electron chi connectivity index (χ3n) is 2.43. The Morgan fingerprint density at radius 2 is 2.12 bits per heavy atom. The van der Waals surface area contributed by atoms with Gasteiger partial charge in [0, 0.05) is 6.20 Å². The summed E-state index contributed by atoms with van der Waals surface area (Å²) in [7, 11) is 0. The van der Waals surface area contributed by atoms with Gasteiger partial charge >= 0.3 is 6.18 Å². The van der Waals surface area contributed by atoms with Crippen LogP contribution in [-0.2, 0) is 0 Å². The molecule has 86 valence electrons. The fourth-order valence-corrected chi connectivity index (χ4v) is 1.57. The Balaban J connectivity index is 2.59. The molecule has 0 aliphatic rings. The Morgan fingerprint density at radius 3 is 2.75 bits per heavy atom. The highest BCUT2D eigenvalue weighted by atomic mass is 19.4. The Bertz CT molecular complexity index is 515. The van der Waals surface area contributed by atoms with E-state index in [1.807, 2.05) is 0 Å². The Labute approximate surface area is 89.7 Å². The molecule has 0 saturated heterocycles. The maximum atomic E-state index is 12.5. The van der Waals surface area contributed by atoms with Crippen molar-refractivity contribution in [2.45, 2.75) is 19.1 Å². The number of aryl methyl sites for hydroxylation is 1. The van der Waals surface area contributed by atoms with Crippen molar-refractivity contribution in [2.75, 3.05) is 0 Å². The highest BCUT2D eigenvalue weighted by molar-refractivity contribution is 5.48. The van der Waals surface area contributed by atoms with Crippen molar-refractivity contribution >= 4 is 5.65 Å². The van der Waals surface area contributed by atoms with Gasteiger partial charge in [-0.05, 0) is 18.6 Å². The number of nitrogens with two attached hydrogens (primary N) is 1. The second-order valence-corrected chi connectivity index (χ2v) is 3.59. The zero-order valence-electron chi connectivity index (χ0n) is 8.49. The fourth-order valence-electron chi connectivity index (χ4n) is 1.57. The molecule has 0 radical (unpaired) electrons. The third-order valence-corrected chi connectivity index (χ3v) is 2.43. The van der Waals surface area contributed by atoms with Gasteiger partial charge in [-0.15, -0.1) is 0 Å². The lowest BCUT2D eigenvalue weighted by Crippen LogP contribution is -2.29. The molecule has 0 aliphatic carbocycles. The first kappa shape index (κ1) is 10.9. The number of pyridine rings is 1. The minimum atomic E-state index is -4.46. The van der Waals surface area contributed by atoms with Crippen LogP contribution >= 0.6 is 0 Å². The summed E-state index contributed by atoms with van der Waals surface area (Å²) in [5, 5.41) is 0. The Kier molecular flexibility index (Phi) is 2.38. The van der Waals surface area contributed by atoms with Crippen molar-refractivity contribution in [1.82, 2.24) is 9.38 Å². The van der Waals surface area contributed by atoms with E-state index in [1.165, 1.54) is 16.8 Å². The van der Waals surface area contributed by atoms with Crippen LogP contribution < -0.4 is 5.73 Å². The molecule has 2 heterocycles. The lowest BCUT2D eigenvalue weighted by Gasteiger charge is -2.15. The zero-order chi connectivity index (χ0) is 11.9. The molecule has 2 aromatic heterocycles. The SMILES string of the molecule is Cc1cccn2c([C@@H](N)C(F)(F)F)cnc12. The molecule has 0 fully saturated rings. The van der Waals surface area contributed by atoms with Gasteiger partial charge in [0.1, 0.15) is 11.7 Å². The van der Waals surface area contributed by atoms with Crippen molar-refractivity contribution < 1.29 is 13.2 Å². The van der Waals surface area contributed by atoms with Crippen molar-refractivity contribution in [1.29, 1.82) is 0 Å². The summed E-state index contributed by atoms with van der Waals surface area (Å²) in [5.41, 5.74) is 6.40. The smallest absolute Gasteiger partial charge is 0.315 e. The second-order valence-electron chi connectivity index (χ2n) is 3.59. The molecule has 16 heavy (non-hydrogen) atoms. The minimum absolute atomic E-state index is 0.0498. The number of imidazole rings is 1. The van der Waals surface area contributed by atoms with Gasteiger partial charge in [0.25, 0.3) is 0 Å². The quantitative estimate of drug-likeness (QED) is 0.814. The van der Waals surface area contributed by atoms with Crippen molar-refractivity contribution in [3.63, 3.8) is 0 Å². The maximum absolute atomic E-state index is 12.5. The number of nitrogens with zero attached hydrogens (tertiary/aromatic N) is 2. The molecular weight excluding hydrogens is 219 g/mol. The van der Waals surface area contributed by atoms with E-state index in [9.17, 15) is 13.2 Å². The molecule has 0 bridgehead atoms. The molecule has 2 N–H and O–H groups in total. The van der Waals surface area contributed by atoms with Crippen LogP contribution in [0.15, 0.2) is 24.5 Å². The molecule has 0 aliphatic heterocycles. The van der Waals surface area contributed by atoms with Crippen LogP contribution in [0.25, 0.3) is 5.65 Å². The topological polar surface area (TPSA) is 43.3 Å². The standard InChI is InChI=1S/C10H10F3N3/c1-6-3-2-4-16-7(5-15-9(6)16)8(14)10(11,12)13/h2-5,8H,14H2,1H3/t8-/m1/s1. The number of fused-ring (bicyclic) bond motifs is 1. The lowest BCUT2D eigenvalue weighted by atomic mass is 10.2. The van der Waals surface area contributed by atoms with E-state index in [0.717, 1.165) is 5.56 Å². The van der Waals surface area contributed by atoms with E-state index in [1.54, 1.807) is 19.1 Å². The normalized spacial score (nSPS) is 14.3. The predicted octanol–water partition coefficient (Wildman–Crippen LogP) is 2.20. The van der Waals surface area contributed by atoms with Gasteiger partial charge in [0.2, 0.25) is 0 Å². The monoisotopic (exact) mass is 229 g/mol. The van der Waals surface area contributed by atoms with Crippen molar-refractivity contribution in [3.8, 4) is 0 Å². The van der Waals surface area contributed by atoms with E-state index < -0.39 is 12.2 Å². The molecule has 2 aromatic rings. The number of alkyl halides is 3. The molecule has 1 atom stereocenters. The molecule has 6 heteroatoms. The summed E-state index contributed by atoms with van der Waals surface area (Å²) in [5.74, 6) is 0. The van der Waals surface area contributed by atoms with E-state index in [4.69, 9.17) is 5.73 Å². The number of aromatic nitrogens is 2. The molecular formula is C10H10F3N3. The van der Waals surface area contributed by atoms with Crippen LogP contribution in [0.1, 0.15) is 17.3 Å². The van der Waals surface area contributed by atoms with Gasteiger partial charge < -0.3 is 10.1 Å². The highest BCUT2D eigenvalue weighted by Gasteiger charge is 2.39. The van der Waals surface area contributed by atoms with Gasteiger partial charge in [-0.1, -0.05) is 6.07 Å². The minimum Gasteiger partial charge on any atom is -0.315 e. The summed E-state index contributed by atoms with van der Waals surface area (Å²) in [6.45, 7) is 1.78. The molecule has 0 amide bonds. The average Bonchev–Trinajstić information content (AvgIpc) is 2.60. The third kappa shape index (κ3) is 1.65. The maximum Gasteiger partial charge on any atom is 0.409 e. The second kappa shape index (κ2) is 3.48. The molecule has 0 aromatic carbocycles. The predicted molar refractivity (Wildman–Crippen MR) is 52.9 cm³/mol. The number of halogens is 3. The van der Waals surface area contributed by atoms with Gasteiger partial charge in [-0.3, -0.25) is 0 Å². The first-order chi connectivity index (χ1) is 7.41.